The predicted octanol–water partition coefficient (Wildman–Crippen LogP) is 0.795. The number of methoxy groups -OCH3 is 1. The minimum Gasteiger partial charge on any atom is -0.493 e. The van der Waals surface area contributed by atoms with Crippen molar-refractivity contribution in [2.75, 3.05) is 26.8 Å². The van der Waals surface area contributed by atoms with Gasteiger partial charge in [0.15, 0.2) is 11.5 Å². The van der Waals surface area contributed by atoms with Gasteiger partial charge in [-0.25, -0.2) is 0 Å². The number of aliphatic hydroxyl groups is 2. The second-order valence-electron chi connectivity index (χ2n) is 4.46. The summed E-state index contributed by atoms with van der Waals surface area (Å²) in [6.45, 7) is 3.04. The normalized spacial score (nSPS) is 13.9. The molecule has 0 amide bonds. The molecule has 19 heavy (non-hydrogen) atoms. The quantitative estimate of drug-likeness (QED) is 0.578. The lowest BCUT2D eigenvalue weighted by Crippen LogP contribution is -2.32. The van der Waals surface area contributed by atoms with Crippen molar-refractivity contribution in [1.82, 2.24) is 5.32 Å². The minimum atomic E-state index is -0.598. The van der Waals surface area contributed by atoms with Crippen molar-refractivity contribution in [2.24, 2.45) is 0 Å². The fraction of sp³-hybridized carbons (Fsp3) is 0.571. The summed E-state index contributed by atoms with van der Waals surface area (Å²) >= 11 is 0. The highest BCUT2D eigenvalue weighted by Crippen LogP contribution is 2.25. The predicted molar refractivity (Wildman–Crippen MR) is 73.7 cm³/mol. The zero-order chi connectivity index (χ0) is 14.1. The molecule has 0 aliphatic rings. The number of ether oxygens (including phenoxy) is 2. The van der Waals surface area contributed by atoms with Crippen LogP contribution in [0.5, 0.6) is 11.5 Å². The lowest BCUT2D eigenvalue weighted by atomic mass is 10.3. The Hall–Kier alpha value is -1.30. The largest absolute Gasteiger partial charge is 0.493 e. The smallest absolute Gasteiger partial charge is 0.161 e. The standard InChI is InChI=1S/C14H23NO4/c1-11(16)7-8-15-9-12(17)10-19-14-6-4-3-5-13(14)18-2/h3-6,11-12,15-17H,7-10H2,1-2H3. The number of rotatable bonds is 9. The Morgan fingerprint density at radius 1 is 1.21 bits per heavy atom. The molecule has 0 heterocycles. The Balaban J connectivity index is 2.24. The fourth-order valence-corrected chi connectivity index (χ4v) is 1.56. The lowest BCUT2D eigenvalue weighted by Gasteiger charge is -2.15. The molecule has 0 aromatic heterocycles. The number of benzene rings is 1. The molecule has 0 saturated heterocycles. The molecular formula is C14H23NO4. The number of hydrogen-bond acceptors (Lipinski definition) is 5. The zero-order valence-corrected chi connectivity index (χ0v) is 11.5. The molecule has 1 aromatic carbocycles. The van der Waals surface area contributed by atoms with Gasteiger partial charge in [0.25, 0.3) is 0 Å². The molecule has 2 unspecified atom stereocenters. The third-order valence-electron chi connectivity index (χ3n) is 2.62. The van der Waals surface area contributed by atoms with Crippen LogP contribution in [0.15, 0.2) is 24.3 Å². The molecule has 0 spiro atoms. The summed E-state index contributed by atoms with van der Waals surface area (Å²) in [5.74, 6) is 1.27. The van der Waals surface area contributed by atoms with Crippen molar-refractivity contribution >= 4 is 0 Å². The second-order valence-corrected chi connectivity index (χ2v) is 4.46. The summed E-state index contributed by atoms with van der Waals surface area (Å²) in [6, 6.07) is 7.32. The topological polar surface area (TPSA) is 71.0 Å². The van der Waals surface area contributed by atoms with Crippen LogP contribution in [-0.4, -0.2) is 49.2 Å². The van der Waals surface area contributed by atoms with Crippen molar-refractivity contribution < 1.29 is 19.7 Å². The molecule has 108 valence electrons. The molecule has 1 aromatic rings. The molecule has 0 bridgehead atoms. The van der Waals surface area contributed by atoms with Gasteiger partial charge in [0.1, 0.15) is 12.7 Å². The number of hydrogen-bond donors (Lipinski definition) is 3. The molecule has 5 nitrogen and oxygen atoms in total. The fourth-order valence-electron chi connectivity index (χ4n) is 1.56. The molecule has 0 saturated carbocycles. The van der Waals surface area contributed by atoms with Gasteiger partial charge in [0.05, 0.1) is 13.2 Å². The summed E-state index contributed by atoms with van der Waals surface area (Å²) in [5, 5.41) is 21.9. The van der Waals surface area contributed by atoms with Crippen LogP contribution in [0.2, 0.25) is 0 Å². The van der Waals surface area contributed by atoms with Crippen molar-refractivity contribution in [2.45, 2.75) is 25.6 Å². The van der Waals surface area contributed by atoms with Crippen LogP contribution < -0.4 is 14.8 Å². The number of para-hydroxylation sites is 2. The maximum atomic E-state index is 9.75. The Kier molecular flexibility index (Phi) is 7.25. The molecule has 3 N–H and O–H groups in total. The second kappa shape index (κ2) is 8.74. The monoisotopic (exact) mass is 269 g/mol. The van der Waals surface area contributed by atoms with Crippen molar-refractivity contribution in [3.05, 3.63) is 24.3 Å². The summed E-state index contributed by atoms with van der Waals surface area (Å²) in [4.78, 5) is 0. The number of nitrogens with one attached hydrogen (secondary N) is 1. The van der Waals surface area contributed by atoms with Gasteiger partial charge < -0.3 is 25.0 Å². The number of aliphatic hydroxyl groups excluding tert-OH is 2. The van der Waals surface area contributed by atoms with Gasteiger partial charge in [-0.05, 0) is 32.0 Å². The highest BCUT2D eigenvalue weighted by Gasteiger charge is 2.08. The highest BCUT2D eigenvalue weighted by atomic mass is 16.5. The average Bonchev–Trinajstić information content (AvgIpc) is 2.41. The van der Waals surface area contributed by atoms with Crippen LogP contribution in [0.1, 0.15) is 13.3 Å². The lowest BCUT2D eigenvalue weighted by molar-refractivity contribution is 0.103. The van der Waals surface area contributed by atoms with Crippen LogP contribution in [0.3, 0.4) is 0 Å². The SMILES string of the molecule is COc1ccccc1OCC(O)CNCCC(C)O. The Morgan fingerprint density at radius 3 is 2.53 bits per heavy atom. The molecule has 0 aliphatic carbocycles. The maximum absolute atomic E-state index is 9.75. The van der Waals surface area contributed by atoms with Crippen LogP contribution in [-0.2, 0) is 0 Å². The highest BCUT2D eigenvalue weighted by molar-refractivity contribution is 5.39. The molecule has 0 radical (unpaired) electrons. The Morgan fingerprint density at radius 2 is 1.89 bits per heavy atom. The van der Waals surface area contributed by atoms with E-state index in [4.69, 9.17) is 14.6 Å². The molecule has 2 atom stereocenters. The maximum Gasteiger partial charge on any atom is 0.161 e. The van der Waals surface area contributed by atoms with Gasteiger partial charge in [-0.3, -0.25) is 0 Å². The first-order chi connectivity index (χ1) is 9.13. The van der Waals surface area contributed by atoms with E-state index in [-0.39, 0.29) is 12.7 Å². The first kappa shape index (κ1) is 15.8. The van der Waals surface area contributed by atoms with Gasteiger partial charge in [-0.15, -0.1) is 0 Å². The summed E-state index contributed by atoms with van der Waals surface area (Å²) < 4.78 is 10.7. The van der Waals surface area contributed by atoms with Gasteiger partial charge in [-0.1, -0.05) is 12.1 Å². The van der Waals surface area contributed by atoms with E-state index in [9.17, 15) is 5.11 Å². The third-order valence-corrected chi connectivity index (χ3v) is 2.62. The zero-order valence-electron chi connectivity index (χ0n) is 11.5. The Labute approximate surface area is 114 Å². The van der Waals surface area contributed by atoms with E-state index in [1.165, 1.54) is 0 Å². The molecule has 5 heteroatoms. The van der Waals surface area contributed by atoms with E-state index in [0.717, 1.165) is 0 Å². The van der Waals surface area contributed by atoms with E-state index in [1.807, 2.05) is 18.2 Å². The molecule has 0 aliphatic heterocycles. The van der Waals surface area contributed by atoms with Crippen LogP contribution in [0.25, 0.3) is 0 Å². The van der Waals surface area contributed by atoms with Gasteiger partial charge in [-0.2, -0.15) is 0 Å². The van der Waals surface area contributed by atoms with Crippen LogP contribution >= 0.6 is 0 Å². The van der Waals surface area contributed by atoms with Crippen molar-refractivity contribution in [3.63, 3.8) is 0 Å². The van der Waals surface area contributed by atoms with E-state index in [2.05, 4.69) is 5.32 Å². The van der Waals surface area contributed by atoms with Crippen LogP contribution in [0.4, 0.5) is 0 Å². The minimum absolute atomic E-state index is 0.196. The summed E-state index contributed by atoms with van der Waals surface area (Å²) in [6.07, 6.45) is -0.256. The molecule has 1 rings (SSSR count). The molecular weight excluding hydrogens is 246 g/mol. The third kappa shape index (κ3) is 6.42. The average molecular weight is 269 g/mol. The Bertz CT molecular complexity index is 357. The molecule has 0 fully saturated rings. The van der Waals surface area contributed by atoms with Gasteiger partial charge in [0, 0.05) is 6.54 Å². The van der Waals surface area contributed by atoms with Crippen LogP contribution in [0, 0.1) is 0 Å². The van der Waals surface area contributed by atoms with Gasteiger partial charge >= 0.3 is 0 Å². The van der Waals surface area contributed by atoms with E-state index in [0.29, 0.717) is 31.0 Å². The summed E-state index contributed by atoms with van der Waals surface area (Å²) in [7, 11) is 1.58. The van der Waals surface area contributed by atoms with Crippen molar-refractivity contribution in [1.29, 1.82) is 0 Å². The first-order valence-electron chi connectivity index (χ1n) is 6.46. The van der Waals surface area contributed by atoms with Gasteiger partial charge in [0.2, 0.25) is 0 Å². The van der Waals surface area contributed by atoms with E-state index >= 15 is 0 Å². The first-order valence-corrected chi connectivity index (χ1v) is 6.46. The van der Waals surface area contributed by atoms with E-state index < -0.39 is 6.10 Å². The van der Waals surface area contributed by atoms with E-state index in [1.54, 1.807) is 20.1 Å². The van der Waals surface area contributed by atoms with Crippen molar-refractivity contribution in [3.8, 4) is 11.5 Å². The summed E-state index contributed by atoms with van der Waals surface area (Å²) in [5.41, 5.74) is 0.